The fourth-order valence-electron chi connectivity index (χ4n) is 2.07. The van der Waals surface area contributed by atoms with Gasteiger partial charge in [-0.25, -0.2) is 13.8 Å². The van der Waals surface area contributed by atoms with E-state index in [4.69, 9.17) is 0 Å². The smallest absolute Gasteiger partial charge is 0.168 e. The van der Waals surface area contributed by atoms with Gasteiger partial charge < -0.3 is 10.6 Å². The Balaban J connectivity index is 2.64. The van der Waals surface area contributed by atoms with Crippen LogP contribution < -0.4 is 10.6 Å². The van der Waals surface area contributed by atoms with Crippen LogP contribution in [0.3, 0.4) is 0 Å². The Morgan fingerprint density at radius 1 is 1.10 bits per heavy atom. The summed E-state index contributed by atoms with van der Waals surface area (Å²) in [6.45, 7) is 8.95. The van der Waals surface area contributed by atoms with Crippen molar-refractivity contribution >= 4 is 11.6 Å². The molecule has 0 bridgehead atoms. The second-order valence-corrected chi connectivity index (χ2v) is 5.95. The average molecular weight is 299 g/mol. The van der Waals surface area contributed by atoms with Gasteiger partial charge in [0, 0.05) is 18.7 Å². The summed E-state index contributed by atoms with van der Waals surface area (Å²) in [4.78, 5) is 4.02. The summed E-state index contributed by atoms with van der Waals surface area (Å²) >= 11 is 0. The predicted octanol–water partition coefficient (Wildman–Crippen LogP) is 4.81. The molecule has 0 aromatic carbocycles. The minimum absolute atomic E-state index is 0.107. The van der Waals surface area contributed by atoms with E-state index in [2.05, 4.69) is 29.5 Å². The number of nitrogens with zero attached hydrogens (tertiary/aromatic N) is 1. The first-order valence-corrected chi connectivity index (χ1v) is 7.80. The summed E-state index contributed by atoms with van der Waals surface area (Å²) in [5, 5.41) is 5.90. The molecular formula is C16H27F2N3. The molecule has 0 aliphatic rings. The van der Waals surface area contributed by atoms with Gasteiger partial charge in [-0.3, -0.25) is 0 Å². The van der Waals surface area contributed by atoms with Gasteiger partial charge in [0.1, 0.15) is 0 Å². The Kier molecular flexibility index (Phi) is 7.40. The van der Waals surface area contributed by atoms with Crippen molar-refractivity contribution in [1.82, 2.24) is 4.98 Å². The van der Waals surface area contributed by atoms with Crippen molar-refractivity contribution in [3.05, 3.63) is 17.7 Å². The summed E-state index contributed by atoms with van der Waals surface area (Å²) in [5.41, 5.74) is 0. The van der Waals surface area contributed by atoms with Gasteiger partial charge in [-0.2, -0.15) is 0 Å². The molecule has 0 radical (unpaired) electrons. The Labute approximate surface area is 126 Å². The summed E-state index contributed by atoms with van der Waals surface area (Å²) in [7, 11) is 0. The normalized spacial score (nSPS) is 12.5. The van der Waals surface area contributed by atoms with E-state index in [1.165, 1.54) is 0 Å². The third-order valence-electron chi connectivity index (χ3n) is 3.27. The maximum Gasteiger partial charge on any atom is 0.168 e. The molecule has 1 heterocycles. The molecule has 1 rings (SSSR count). The first kappa shape index (κ1) is 17.7. The zero-order valence-electron chi connectivity index (χ0n) is 13.5. The number of anilines is 2. The summed E-state index contributed by atoms with van der Waals surface area (Å²) in [6, 6.07) is 0.990. The van der Waals surface area contributed by atoms with E-state index in [0.717, 1.165) is 31.7 Å². The molecule has 0 fully saturated rings. The molecule has 1 aromatic rings. The quantitative estimate of drug-likeness (QED) is 0.687. The number of aromatic nitrogens is 1. The Morgan fingerprint density at radius 2 is 1.76 bits per heavy atom. The van der Waals surface area contributed by atoms with Gasteiger partial charge >= 0.3 is 0 Å². The number of pyridine rings is 1. The van der Waals surface area contributed by atoms with Crippen LogP contribution in [0, 0.1) is 17.6 Å². The molecule has 120 valence electrons. The van der Waals surface area contributed by atoms with Crippen LogP contribution in [-0.4, -0.2) is 17.6 Å². The maximum atomic E-state index is 13.8. The molecule has 0 amide bonds. The van der Waals surface area contributed by atoms with E-state index in [1.807, 2.05) is 13.8 Å². The van der Waals surface area contributed by atoms with Crippen LogP contribution in [0.25, 0.3) is 0 Å². The van der Waals surface area contributed by atoms with E-state index >= 15 is 0 Å². The lowest BCUT2D eigenvalue weighted by molar-refractivity contribution is 0.517. The number of hydrogen-bond acceptors (Lipinski definition) is 3. The third-order valence-corrected chi connectivity index (χ3v) is 3.27. The lowest BCUT2D eigenvalue weighted by Gasteiger charge is -2.17. The lowest BCUT2D eigenvalue weighted by Crippen LogP contribution is -2.18. The largest absolute Gasteiger partial charge is 0.368 e. The van der Waals surface area contributed by atoms with E-state index in [0.29, 0.717) is 12.5 Å². The van der Waals surface area contributed by atoms with Crippen molar-refractivity contribution in [1.29, 1.82) is 0 Å². The van der Waals surface area contributed by atoms with Crippen LogP contribution in [0.15, 0.2) is 6.07 Å². The monoisotopic (exact) mass is 299 g/mol. The highest BCUT2D eigenvalue weighted by molar-refractivity contribution is 5.47. The molecule has 0 aliphatic carbocycles. The van der Waals surface area contributed by atoms with Gasteiger partial charge in [0.15, 0.2) is 23.3 Å². The van der Waals surface area contributed by atoms with Crippen molar-refractivity contribution in [2.24, 2.45) is 5.92 Å². The molecule has 2 N–H and O–H groups in total. The first-order chi connectivity index (χ1) is 9.93. The Hall–Kier alpha value is -1.39. The summed E-state index contributed by atoms with van der Waals surface area (Å²) in [5.74, 6) is -0.408. The molecule has 1 unspecified atom stereocenters. The molecule has 0 saturated heterocycles. The number of hydrogen-bond donors (Lipinski definition) is 2. The van der Waals surface area contributed by atoms with Crippen molar-refractivity contribution in [3.8, 4) is 0 Å². The van der Waals surface area contributed by atoms with E-state index in [1.54, 1.807) is 0 Å². The fraction of sp³-hybridized carbons (Fsp3) is 0.688. The minimum atomic E-state index is -0.654. The van der Waals surface area contributed by atoms with Crippen LogP contribution >= 0.6 is 0 Å². The number of rotatable bonds is 9. The molecule has 0 saturated carbocycles. The van der Waals surface area contributed by atoms with Crippen molar-refractivity contribution in [2.75, 3.05) is 17.2 Å². The molecule has 3 nitrogen and oxygen atoms in total. The molecule has 5 heteroatoms. The van der Waals surface area contributed by atoms with Crippen LogP contribution in [0.2, 0.25) is 0 Å². The highest BCUT2D eigenvalue weighted by Gasteiger charge is 2.13. The molecule has 1 atom stereocenters. The van der Waals surface area contributed by atoms with Gasteiger partial charge in [0.2, 0.25) is 0 Å². The fourth-order valence-corrected chi connectivity index (χ4v) is 2.07. The summed E-state index contributed by atoms with van der Waals surface area (Å²) < 4.78 is 27.4. The number of halogens is 2. The van der Waals surface area contributed by atoms with Gasteiger partial charge in [0.05, 0.1) is 0 Å². The predicted molar refractivity (Wildman–Crippen MR) is 84.7 cm³/mol. The lowest BCUT2D eigenvalue weighted by atomic mass is 10.0. The van der Waals surface area contributed by atoms with Crippen molar-refractivity contribution in [3.63, 3.8) is 0 Å². The standard InChI is InChI=1S/C16H27F2N3/c1-5-9-19-15-13(17)10-14(18)16(21-15)20-12(4)8-6-7-11(2)3/h10-12H,5-9H2,1-4H3,(H2,19,20,21). The van der Waals surface area contributed by atoms with Crippen LogP contribution in [0.5, 0.6) is 0 Å². The maximum absolute atomic E-state index is 13.8. The zero-order chi connectivity index (χ0) is 15.8. The molecule has 0 spiro atoms. The summed E-state index contributed by atoms with van der Waals surface area (Å²) in [6.07, 6.45) is 4.02. The van der Waals surface area contributed by atoms with Crippen molar-refractivity contribution < 1.29 is 8.78 Å². The average Bonchev–Trinajstić information content (AvgIpc) is 2.40. The topological polar surface area (TPSA) is 37.0 Å². The highest BCUT2D eigenvalue weighted by atomic mass is 19.1. The Morgan fingerprint density at radius 3 is 2.38 bits per heavy atom. The Bertz CT molecular complexity index is 436. The van der Waals surface area contributed by atoms with Gasteiger partial charge in [-0.15, -0.1) is 0 Å². The molecule has 21 heavy (non-hydrogen) atoms. The second-order valence-electron chi connectivity index (χ2n) is 5.95. The van der Waals surface area contributed by atoms with E-state index < -0.39 is 11.6 Å². The molecular weight excluding hydrogens is 272 g/mol. The third kappa shape index (κ3) is 6.27. The molecule has 1 aromatic heterocycles. The molecule has 0 aliphatic heterocycles. The zero-order valence-corrected chi connectivity index (χ0v) is 13.5. The number of nitrogens with one attached hydrogen (secondary N) is 2. The van der Waals surface area contributed by atoms with Crippen LogP contribution in [-0.2, 0) is 0 Å². The minimum Gasteiger partial charge on any atom is -0.368 e. The SMILES string of the molecule is CCCNc1nc(NC(C)CCCC(C)C)c(F)cc1F. The van der Waals surface area contributed by atoms with Gasteiger partial charge in [0.25, 0.3) is 0 Å². The van der Waals surface area contributed by atoms with Gasteiger partial charge in [-0.05, 0) is 25.7 Å². The van der Waals surface area contributed by atoms with E-state index in [-0.39, 0.29) is 17.7 Å². The van der Waals surface area contributed by atoms with E-state index in [9.17, 15) is 8.78 Å². The highest BCUT2D eigenvalue weighted by Crippen LogP contribution is 2.20. The van der Waals surface area contributed by atoms with Crippen LogP contribution in [0.1, 0.15) is 53.4 Å². The second kappa shape index (κ2) is 8.80. The van der Waals surface area contributed by atoms with Crippen LogP contribution in [0.4, 0.5) is 20.4 Å². The first-order valence-electron chi connectivity index (χ1n) is 7.80. The van der Waals surface area contributed by atoms with Crippen molar-refractivity contribution in [2.45, 2.75) is 59.4 Å². The van der Waals surface area contributed by atoms with Gasteiger partial charge in [-0.1, -0.05) is 33.6 Å².